The average Bonchev–Trinajstić information content (AvgIpc) is 2.30. The topological polar surface area (TPSA) is 95.5 Å². The molecule has 21 heavy (non-hydrogen) atoms. The van der Waals surface area contributed by atoms with Gasteiger partial charge in [-0.3, -0.25) is 14.4 Å². The summed E-state index contributed by atoms with van der Waals surface area (Å²) in [5, 5.41) is 14.2. The van der Waals surface area contributed by atoms with Crippen LogP contribution in [0.3, 0.4) is 0 Å². The summed E-state index contributed by atoms with van der Waals surface area (Å²) in [5.74, 6) is -1.04. The summed E-state index contributed by atoms with van der Waals surface area (Å²) in [6.45, 7) is 9.56. The second kappa shape index (κ2) is 8.00. The van der Waals surface area contributed by atoms with E-state index in [2.05, 4.69) is 10.6 Å². The molecule has 0 saturated heterocycles. The van der Waals surface area contributed by atoms with E-state index in [-0.39, 0.29) is 18.2 Å². The monoisotopic (exact) mass is 300 g/mol. The number of carboxylic acids is 1. The Morgan fingerprint density at radius 3 is 2.05 bits per heavy atom. The number of nitrogens with one attached hydrogen (secondary N) is 2. The summed E-state index contributed by atoms with van der Waals surface area (Å²) in [6.07, 6.45) is 1.27. The smallest absolute Gasteiger partial charge is 0.303 e. The zero-order valence-electron chi connectivity index (χ0n) is 13.7. The van der Waals surface area contributed by atoms with Crippen LogP contribution in [0.15, 0.2) is 0 Å². The summed E-state index contributed by atoms with van der Waals surface area (Å²) >= 11 is 0. The summed E-state index contributed by atoms with van der Waals surface area (Å²) in [5.41, 5.74) is -0.967. The quantitative estimate of drug-likeness (QED) is 0.594. The summed E-state index contributed by atoms with van der Waals surface area (Å²) in [4.78, 5) is 33.9. The molecule has 0 bridgehead atoms. The molecule has 0 fully saturated rings. The predicted molar refractivity (Wildman–Crippen MR) is 80.8 cm³/mol. The molecule has 122 valence electrons. The molecule has 0 atom stereocenters. The van der Waals surface area contributed by atoms with Gasteiger partial charge in [-0.25, -0.2) is 0 Å². The number of carbonyl (C=O) groups is 3. The van der Waals surface area contributed by atoms with Crippen LogP contribution in [0.5, 0.6) is 0 Å². The third-order valence-electron chi connectivity index (χ3n) is 2.99. The van der Waals surface area contributed by atoms with Crippen molar-refractivity contribution in [3.05, 3.63) is 0 Å². The normalized spacial score (nSPS) is 11.9. The summed E-state index contributed by atoms with van der Waals surface area (Å²) in [7, 11) is 0. The minimum atomic E-state index is -0.873. The van der Waals surface area contributed by atoms with Crippen LogP contribution in [0, 0.1) is 5.41 Å². The Bertz CT molecular complexity index is 384. The van der Waals surface area contributed by atoms with Crippen molar-refractivity contribution in [2.75, 3.05) is 6.54 Å². The molecule has 0 saturated carbocycles. The van der Waals surface area contributed by atoms with Crippen LogP contribution in [-0.2, 0) is 14.4 Å². The molecular weight excluding hydrogens is 272 g/mol. The number of carboxylic acid groups (broad SMARTS) is 1. The first-order valence-electron chi connectivity index (χ1n) is 7.25. The molecule has 0 unspecified atom stereocenters. The van der Waals surface area contributed by atoms with E-state index in [1.54, 1.807) is 13.8 Å². The molecule has 0 spiro atoms. The summed E-state index contributed by atoms with van der Waals surface area (Å²) < 4.78 is 0. The van der Waals surface area contributed by atoms with Gasteiger partial charge in [0.1, 0.15) is 0 Å². The molecule has 0 radical (unpaired) electrons. The highest BCUT2D eigenvalue weighted by atomic mass is 16.4. The van der Waals surface area contributed by atoms with Gasteiger partial charge in [0, 0.05) is 30.3 Å². The standard InChI is InChI=1S/C15H28N2O4/c1-14(2,3)13(21)16-10-6-7-11(18)17-15(4,5)9-8-12(19)20/h6-10H2,1-5H3,(H,16,21)(H,17,18)(H,19,20). The first-order chi connectivity index (χ1) is 9.44. The number of hydrogen-bond donors (Lipinski definition) is 3. The van der Waals surface area contributed by atoms with Crippen LogP contribution in [-0.4, -0.2) is 35.0 Å². The van der Waals surface area contributed by atoms with Gasteiger partial charge in [-0.05, 0) is 26.7 Å². The van der Waals surface area contributed by atoms with Gasteiger partial charge in [-0.2, -0.15) is 0 Å². The van der Waals surface area contributed by atoms with Crippen molar-refractivity contribution in [3.63, 3.8) is 0 Å². The van der Waals surface area contributed by atoms with E-state index < -0.39 is 16.9 Å². The Labute approximate surface area is 126 Å². The SMILES string of the molecule is CC(C)(CCC(=O)O)NC(=O)CCCNC(=O)C(C)(C)C. The molecule has 2 amide bonds. The predicted octanol–water partition coefficient (Wildman–Crippen LogP) is 1.69. The lowest BCUT2D eigenvalue weighted by molar-refractivity contribution is -0.137. The zero-order valence-corrected chi connectivity index (χ0v) is 13.7. The second-order valence-corrected chi connectivity index (χ2v) is 6.94. The number of amides is 2. The van der Waals surface area contributed by atoms with Crippen molar-refractivity contribution >= 4 is 17.8 Å². The first-order valence-corrected chi connectivity index (χ1v) is 7.25. The van der Waals surface area contributed by atoms with Crippen molar-refractivity contribution in [1.29, 1.82) is 0 Å². The fraction of sp³-hybridized carbons (Fsp3) is 0.800. The van der Waals surface area contributed by atoms with E-state index in [1.165, 1.54) is 0 Å². The molecule has 0 rings (SSSR count). The van der Waals surface area contributed by atoms with E-state index in [0.717, 1.165) is 0 Å². The van der Waals surface area contributed by atoms with Gasteiger partial charge < -0.3 is 15.7 Å². The van der Waals surface area contributed by atoms with Crippen molar-refractivity contribution in [2.45, 2.75) is 65.8 Å². The Morgan fingerprint density at radius 1 is 1.00 bits per heavy atom. The van der Waals surface area contributed by atoms with Gasteiger partial charge in [0.2, 0.25) is 11.8 Å². The van der Waals surface area contributed by atoms with Gasteiger partial charge >= 0.3 is 5.97 Å². The highest BCUT2D eigenvalue weighted by Crippen LogP contribution is 2.13. The van der Waals surface area contributed by atoms with Crippen LogP contribution in [0.1, 0.15) is 60.3 Å². The van der Waals surface area contributed by atoms with E-state index >= 15 is 0 Å². The largest absolute Gasteiger partial charge is 0.481 e. The Hall–Kier alpha value is -1.59. The molecular formula is C15H28N2O4. The number of rotatable bonds is 8. The van der Waals surface area contributed by atoms with Gasteiger partial charge in [0.25, 0.3) is 0 Å². The first kappa shape index (κ1) is 19.4. The Morgan fingerprint density at radius 2 is 1.57 bits per heavy atom. The van der Waals surface area contributed by atoms with Crippen LogP contribution < -0.4 is 10.6 Å². The lowest BCUT2D eigenvalue weighted by Gasteiger charge is -2.25. The lowest BCUT2D eigenvalue weighted by Crippen LogP contribution is -2.44. The molecule has 6 nitrogen and oxygen atoms in total. The highest BCUT2D eigenvalue weighted by Gasteiger charge is 2.22. The number of carbonyl (C=O) groups excluding carboxylic acids is 2. The maximum Gasteiger partial charge on any atom is 0.303 e. The molecule has 0 aliphatic carbocycles. The molecule has 3 N–H and O–H groups in total. The zero-order chi connectivity index (χ0) is 16.7. The maximum atomic E-state index is 11.8. The van der Waals surface area contributed by atoms with E-state index in [4.69, 9.17) is 5.11 Å². The number of aliphatic carboxylic acids is 1. The van der Waals surface area contributed by atoms with Crippen LogP contribution in [0.2, 0.25) is 0 Å². The van der Waals surface area contributed by atoms with E-state index in [0.29, 0.717) is 25.8 Å². The Kier molecular flexibility index (Phi) is 7.39. The molecule has 0 aromatic rings. The Balaban J connectivity index is 3.95. The van der Waals surface area contributed by atoms with Crippen molar-refractivity contribution < 1.29 is 19.5 Å². The fourth-order valence-corrected chi connectivity index (χ4v) is 1.64. The summed E-state index contributed by atoms with van der Waals surface area (Å²) in [6, 6.07) is 0. The minimum Gasteiger partial charge on any atom is -0.481 e. The average molecular weight is 300 g/mol. The van der Waals surface area contributed by atoms with Crippen molar-refractivity contribution in [1.82, 2.24) is 10.6 Å². The van der Waals surface area contributed by atoms with E-state index in [1.807, 2.05) is 20.8 Å². The third kappa shape index (κ3) is 9.87. The minimum absolute atomic E-state index is 0.0227. The van der Waals surface area contributed by atoms with Crippen molar-refractivity contribution in [3.8, 4) is 0 Å². The third-order valence-corrected chi connectivity index (χ3v) is 2.99. The van der Waals surface area contributed by atoms with Crippen LogP contribution >= 0.6 is 0 Å². The van der Waals surface area contributed by atoms with Gasteiger partial charge in [0.15, 0.2) is 0 Å². The molecule has 0 heterocycles. The van der Waals surface area contributed by atoms with Gasteiger partial charge in [-0.1, -0.05) is 20.8 Å². The van der Waals surface area contributed by atoms with Gasteiger partial charge in [0.05, 0.1) is 0 Å². The molecule has 0 aromatic carbocycles. The van der Waals surface area contributed by atoms with Crippen LogP contribution in [0.4, 0.5) is 0 Å². The highest BCUT2D eigenvalue weighted by molar-refractivity contribution is 5.81. The molecule has 0 aliphatic rings. The van der Waals surface area contributed by atoms with Crippen LogP contribution in [0.25, 0.3) is 0 Å². The lowest BCUT2D eigenvalue weighted by atomic mass is 9.95. The molecule has 0 aromatic heterocycles. The molecule has 0 aliphatic heterocycles. The fourth-order valence-electron chi connectivity index (χ4n) is 1.64. The second-order valence-electron chi connectivity index (χ2n) is 6.94. The van der Waals surface area contributed by atoms with Gasteiger partial charge in [-0.15, -0.1) is 0 Å². The number of hydrogen-bond acceptors (Lipinski definition) is 3. The van der Waals surface area contributed by atoms with E-state index in [9.17, 15) is 14.4 Å². The molecule has 6 heteroatoms. The maximum absolute atomic E-state index is 11.8. The van der Waals surface area contributed by atoms with Crippen molar-refractivity contribution in [2.24, 2.45) is 5.41 Å².